The fraction of sp³-hybridized carbons (Fsp3) is 0.190. The van der Waals surface area contributed by atoms with Crippen LogP contribution in [0.1, 0.15) is 5.56 Å². The third kappa shape index (κ3) is 3.80. The number of aryl methyl sites for hydroxylation is 3. The molecule has 0 fully saturated rings. The van der Waals surface area contributed by atoms with Crippen LogP contribution >= 0.6 is 23.1 Å². The van der Waals surface area contributed by atoms with Gasteiger partial charge in [-0.3, -0.25) is 3.96 Å². The highest BCUT2D eigenvalue weighted by atomic mass is 35.5. The van der Waals surface area contributed by atoms with E-state index in [4.69, 9.17) is 21.3 Å². The van der Waals surface area contributed by atoms with Crippen LogP contribution in [0.5, 0.6) is 5.75 Å². The molecule has 0 aromatic heterocycles. The summed E-state index contributed by atoms with van der Waals surface area (Å²) < 4.78 is 10.6. The van der Waals surface area contributed by atoms with Crippen LogP contribution < -0.4 is 4.74 Å². The molecular weight excluding hydrogens is 378 g/mol. The van der Waals surface area contributed by atoms with Crippen molar-refractivity contribution in [3.05, 3.63) is 71.4 Å². The molecule has 2 aromatic carbocycles. The van der Waals surface area contributed by atoms with E-state index in [2.05, 4.69) is 46.0 Å². The number of hydrogen-bond donors (Lipinski definition) is 0. The second-order valence-electron chi connectivity index (χ2n) is 6.32. The van der Waals surface area contributed by atoms with Gasteiger partial charge < -0.3 is 9.30 Å². The van der Waals surface area contributed by atoms with Crippen molar-refractivity contribution in [2.75, 3.05) is 7.11 Å². The minimum absolute atomic E-state index is 0.725. The number of ether oxygens (including phenoxy) is 1. The Labute approximate surface area is 167 Å². The highest BCUT2D eigenvalue weighted by Gasteiger charge is 2.11. The Morgan fingerprint density at radius 1 is 1.11 bits per heavy atom. The lowest BCUT2D eigenvalue weighted by Crippen LogP contribution is -2.09. The number of pyridine rings is 1. The van der Waals surface area contributed by atoms with E-state index in [9.17, 15) is 0 Å². The van der Waals surface area contributed by atoms with Crippen molar-refractivity contribution in [1.82, 2.24) is 13.5 Å². The largest absolute Gasteiger partial charge is 0.497 e. The molecule has 0 aliphatic carbocycles. The molecule has 138 valence electrons. The summed E-state index contributed by atoms with van der Waals surface area (Å²) in [6, 6.07) is 18.2. The summed E-state index contributed by atoms with van der Waals surface area (Å²) in [5.74, 6) is 1.84. The van der Waals surface area contributed by atoms with Crippen molar-refractivity contribution in [2.45, 2.75) is 13.0 Å². The average molecular weight is 398 g/mol. The fourth-order valence-corrected chi connectivity index (χ4v) is 4.24. The minimum Gasteiger partial charge on any atom is -0.497 e. The first-order valence-corrected chi connectivity index (χ1v) is 9.87. The molecule has 4 rings (SSSR count). The van der Waals surface area contributed by atoms with Crippen molar-refractivity contribution in [1.29, 1.82) is 0 Å². The highest BCUT2D eigenvalue weighted by Crippen LogP contribution is 2.27. The third-order valence-corrected chi connectivity index (χ3v) is 5.77. The number of rotatable bonds is 4. The number of nitrogens with zero attached hydrogens (tertiary/aromatic N) is 3. The summed E-state index contributed by atoms with van der Waals surface area (Å²) in [6.45, 7) is 0.848. The SMILES string of the molecule is COc1ccc(CCn2cccc3n(C)sc4cc(Cl)ccc4nc2-3)cc1. The number of methoxy groups -OCH3 is 1. The van der Waals surface area contributed by atoms with E-state index in [1.165, 1.54) is 5.56 Å². The Morgan fingerprint density at radius 3 is 2.70 bits per heavy atom. The molecule has 2 aliphatic rings. The quantitative estimate of drug-likeness (QED) is 0.450. The van der Waals surface area contributed by atoms with Crippen LogP contribution in [0.15, 0.2) is 60.8 Å². The van der Waals surface area contributed by atoms with Crippen LogP contribution in [-0.2, 0) is 20.0 Å². The predicted molar refractivity (Wildman–Crippen MR) is 113 cm³/mol. The van der Waals surface area contributed by atoms with Gasteiger partial charge in [0.15, 0.2) is 5.82 Å². The van der Waals surface area contributed by atoms with Crippen LogP contribution in [0.4, 0.5) is 0 Å². The van der Waals surface area contributed by atoms with Crippen LogP contribution in [0.25, 0.3) is 21.7 Å². The first kappa shape index (κ1) is 17.9. The molecule has 2 aliphatic heterocycles. The van der Waals surface area contributed by atoms with Gasteiger partial charge in [-0.1, -0.05) is 35.3 Å². The third-order valence-electron chi connectivity index (χ3n) is 4.54. The van der Waals surface area contributed by atoms with E-state index < -0.39 is 0 Å². The normalized spacial score (nSPS) is 11.1. The van der Waals surface area contributed by atoms with Crippen LogP contribution in [-0.4, -0.2) is 20.6 Å². The Hall–Kier alpha value is -2.50. The summed E-state index contributed by atoms with van der Waals surface area (Å²) in [5, 5.41) is 0.725. The maximum Gasteiger partial charge on any atom is 0.158 e. The van der Waals surface area contributed by atoms with Crippen molar-refractivity contribution < 1.29 is 4.74 Å². The van der Waals surface area contributed by atoms with Gasteiger partial charge in [0.05, 0.1) is 23.0 Å². The molecule has 0 N–H and O–H groups in total. The van der Waals surface area contributed by atoms with Gasteiger partial charge in [0.2, 0.25) is 0 Å². The molecule has 0 radical (unpaired) electrons. The molecule has 2 aromatic rings. The topological polar surface area (TPSA) is 32.0 Å². The highest BCUT2D eigenvalue weighted by molar-refractivity contribution is 7.13. The van der Waals surface area contributed by atoms with Gasteiger partial charge in [0, 0.05) is 24.8 Å². The lowest BCUT2D eigenvalue weighted by molar-refractivity contribution is 0.414. The average Bonchev–Trinajstić information content (AvgIpc) is 2.82. The molecular formula is C21H20ClN3OS. The fourth-order valence-electron chi connectivity index (χ4n) is 3.08. The number of hydrogen-bond acceptors (Lipinski definition) is 3. The van der Waals surface area contributed by atoms with Crippen LogP contribution in [0.3, 0.4) is 0 Å². The Kier molecular flexibility index (Phi) is 5.05. The monoisotopic (exact) mass is 397 g/mol. The molecule has 27 heavy (non-hydrogen) atoms. The predicted octanol–water partition coefficient (Wildman–Crippen LogP) is 5.57. The first-order chi connectivity index (χ1) is 13.1. The van der Waals surface area contributed by atoms with Gasteiger partial charge >= 0.3 is 0 Å². The molecule has 0 amide bonds. The van der Waals surface area contributed by atoms with E-state index in [0.29, 0.717) is 0 Å². The summed E-state index contributed by atoms with van der Waals surface area (Å²) >= 11 is 7.82. The number of fused-ring (bicyclic) bond motifs is 2. The Bertz CT molecular complexity index is 1090. The van der Waals surface area contributed by atoms with Crippen LogP contribution in [0.2, 0.25) is 5.02 Å². The zero-order valence-corrected chi connectivity index (χ0v) is 16.8. The zero-order valence-electron chi connectivity index (χ0n) is 15.2. The van der Waals surface area contributed by atoms with E-state index in [-0.39, 0.29) is 0 Å². The molecule has 4 nitrogen and oxygen atoms in total. The molecule has 0 bridgehead atoms. The number of halogens is 1. The van der Waals surface area contributed by atoms with Crippen molar-refractivity contribution >= 4 is 33.4 Å². The second-order valence-corrected chi connectivity index (χ2v) is 7.93. The Morgan fingerprint density at radius 2 is 1.93 bits per heavy atom. The van der Waals surface area contributed by atoms with E-state index in [1.54, 1.807) is 18.6 Å². The van der Waals surface area contributed by atoms with Gasteiger partial charge in [-0.05, 0) is 54.4 Å². The molecule has 2 heterocycles. The van der Waals surface area contributed by atoms with Gasteiger partial charge in [0.1, 0.15) is 5.75 Å². The molecule has 0 spiro atoms. The zero-order chi connectivity index (χ0) is 18.8. The van der Waals surface area contributed by atoms with Gasteiger partial charge in [0.25, 0.3) is 0 Å². The number of aromatic nitrogens is 3. The van der Waals surface area contributed by atoms with E-state index in [1.807, 2.05) is 30.3 Å². The number of benzene rings is 2. The summed E-state index contributed by atoms with van der Waals surface area (Å²) in [5.41, 5.74) is 3.30. The lowest BCUT2D eigenvalue weighted by Gasteiger charge is -2.14. The van der Waals surface area contributed by atoms with Gasteiger partial charge in [-0.25, -0.2) is 4.98 Å². The van der Waals surface area contributed by atoms with Crippen molar-refractivity contribution in [2.24, 2.45) is 7.05 Å². The molecule has 0 saturated heterocycles. The molecule has 6 heteroatoms. The van der Waals surface area contributed by atoms with Gasteiger partial charge in [-0.2, -0.15) is 0 Å². The van der Waals surface area contributed by atoms with Crippen LogP contribution in [0, 0.1) is 0 Å². The minimum atomic E-state index is 0.725. The lowest BCUT2D eigenvalue weighted by atomic mass is 10.1. The standard InChI is InChI=1S/C21H20ClN3OS/c1-24-19-4-3-12-25(13-11-15-5-8-17(26-2)9-6-15)21(19)23-18-10-7-16(22)14-20(18)27-24/h3-10,12,14H,11,13H2,1-2H3. The van der Waals surface area contributed by atoms with Gasteiger partial charge in [-0.15, -0.1) is 0 Å². The summed E-state index contributed by atoms with van der Waals surface area (Å²) in [4.78, 5) is 4.96. The van der Waals surface area contributed by atoms with E-state index >= 15 is 0 Å². The molecule has 0 saturated carbocycles. The maximum absolute atomic E-state index is 6.17. The second kappa shape index (κ2) is 7.62. The maximum atomic E-state index is 6.17. The van der Waals surface area contributed by atoms with E-state index in [0.717, 1.165) is 45.5 Å². The Balaban J connectivity index is 1.74. The molecule has 0 unspecified atom stereocenters. The molecule has 0 atom stereocenters. The van der Waals surface area contributed by atoms with Crippen molar-refractivity contribution in [3.63, 3.8) is 0 Å². The van der Waals surface area contributed by atoms with Crippen molar-refractivity contribution in [3.8, 4) is 17.3 Å². The summed E-state index contributed by atoms with van der Waals surface area (Å²) in [7, 11) is 3.74. The first-order valence-electron chi connectivity index (χ1n) is 8.72. The smallest absolute Gasteiger partial charge is 0.158 e. The summed E-state index contributed by atoms with van der Waals surface area (Å²) in [6.07, 6.45) is 3.01.